The summed E-state index contributed by atoms with van der Waals surface area (Å²) in [6.45, 7) is 8.83. The minimum atomic E-state index is 1.09. The molecule has 0 amide bonds. The van der Waals surface area contributed by atoms with E-state index < -0.39 is 0 Å². The van der Waals surface area contributed by atoms with Crippen LogP contribution in [0.2, 0.25) is 0 Å². The highest BCUT2D eigenvalue weighted by Crippen LogP contribution is 2.31. The number of rotatable bonds is 5. The lowest BCUT2D eigenvalue weighted by Crippen LogP contribution is -1.92. The van der Waals surface area contributed by atoms with Crippen molar-refractivity contribution in [2.45, 2.75) is 45.4 Å². The molecule has 0 fully saturated rings. The number of benzene rings is 1. The molecule has 0 unspecified atom stereocenters. The maximum atomic E-state index is 3.45. The van der Waals surface area contributed by atoms with Gasteiger partial charge in [-0.05, 0) is 68.2 Å². The summed E-state index contributed by atoms with van der Waals surface area (Å²) in [6, 6.07) is 2.28. The van der Waals surface area contributed by atoms with E-state index in [0.717, 1.165) is 11.8 Å². The van der Waals surface area contributed by atoms with Crippen molar-refractivity contribution >= 4 is 27.7 Å². The number of thioether (sulfide) groups is 1. The maximum Gasteiger partial charge on any atom is 0.0179 e. The Hall–Kier alpha value is -0.210. The zero-order valence-corrected chi connectivity index (χ0v) is 13.5. The van der Waals surface area contributed by atoms with Gasteiger partial charge in [0.2, 0.25) is 0 Å². The van der Waals surface area contributed by atoms with Crippen LogP contribution in [0.15, 0.2) is 22.4 Å². The summed E-state index contributed by atoms with van der Waals surface area (Å²) in [6.07, 6.45) is 4.63. The molecule has 0 bridgehead atoms. The monoisotopic (exact) mass is 312 g/mol. The van der Waals surface area contributed by atoms with Gasteiger partial charge < -0.3 is 0 Å². The van der Waals surface area contributed by atoms with Gasteiger partial charge in [0.1, 0.15) is 0 Å². The summed E-state index contributed by atoms with van der Waals surface area (Å²) in [7, 11) is 0. The fraction of sp³-hybridized carbons (Fsp3) is 0.467. The van der Waals surface area contributed by atoms with Crippen molar-refractivity contribution in [1.82, 2.24) is 0 Å². The van der Waals surface area contributed by atoms with Crippen molar-refractivity contribution in [3.05, 3.63) is 39.8 Å². The fourth-order valence-corrected chi connectivity index (χ4v) is 3.10. The van der Waals surface area contributed by atoms with E-state index >= 15 is 0 Å². The van der Waals surface area contributed by atoms with Crippen molar-refractivity contribution in [3.63, 3.8) is 0 Å². The molecular formula is C15H21BrS. The Labute approximate surface area is 118 Å². The fourth-order valence-electron chi connectivity index (χ4n) is 1.74. The van der Waals surface area contributed by atoms with Gasteiger partial charge >= 0.3 is 0 Å². The molecule has 2 heteroatoms. The molecule has 0 nitrogen and oxygen atoms in total. The van der Waals surface area contributed by atoms with Crippen LogP contribution in [-0.2, 0) is 0 Å². The second-order valence-corrected chi connectivity index (χ2v) is 6.12. The Morgan fingerprint density at radius 3 is 2.24 bits per heavy atom. The molecule has 1 aromatic carbocycles. The Morgan fingerprint density at radius 1 is 1.12 bits per heavy atom. The molecular weight excluding hydrogens is 292 g/mol. The Morgan fingerprint density at radius 2 is 1.71 bits per heavy atom. The van der Waals surface area contributed by atoms with E-state index in [1.54, 1.807) is 0 Å². The first-order chi connectivity index (χ1) is 8.07. The molecule has 0 aliphatic carbocycles. The topological polar surface area (TPSA) is 0 Å². The number of hydrogen-bond donors (Lipinski definition) is 0. The van der Waals surface area contributed by atoms with Crippen molar-refractivity contribution in [2.75, 3.05) is 5.33 Å². The highest BCUT2D eigenvalue weighted by molar-refractivity contribution is 9.09. The summed E-state index contributed by atoms with van der Waals surface area (Å²) < 4.78 is 0. The molecule has 0 atom stereocenters. The Balaban J connectivity index is 2.80. The van der Waals surface area contributed by atoms with Gasteiger partial charge in [-0.1, -0.05) is 39.8 Å². The lowest BCUT2D eigenvalue weighted by Gasteiger charge is -2.13. The van der Waals surface area contributed by atoms with Gasteiger partial charge in [-0.25, -0.2) is 0 Å². The van der Waals surface area contributed by atoms with Crippen molar-refractivity contribution < 1.29 is 0 Å². The van der Waals surface area contributed by atoms with Crippen LogP contribution < -0.4 is 0 Å². The molecule has 0 N–H and O–H groups in total. The predicted molar refractivity (Wildman–Crippen MR) is 83.4 cm³/mol. The van der Waals surface area contributed by atoms with Crippen LogP contribution in [0.25, 0.3) is 0 Å². The Bertz CT molecular complexity index is 382. The van der Waals surface area contributed by atoms with Crippen LogP contribution in [-0.4, -0.2) is 5.33 Å². The number of halogens is 1. The standard InChI is InChI=1S/C15H21BrS/c1-11-10-12(2)14(4)15(13(11)3)17-9-7-5-6-8-16/h7,9-10H,5-6,8H2,1-4H3/b9-7-. The Kier molecular flexibility index (Phi) is 6.35. The molecule has 1 rings (SSSR count). The molecule has 17 heavy (non-hydrogen) atoms. The lowest BCUT2D eigenvalue weighted by molar-refractivity contribution is 0.981. The average molecular weight is 313 g/mol. The normalized spacial score (nSPS) is 11.4. The zero-order valence-electron chi connectivity index (χ0n) is 11.1. The first-order valence-electron chi connectivity index (χ1n) is 6.03. The van der Waals surface area contributed by atoms with E-state index in [9.17, 15) is 0 Å². The smallest absolute Gasteiger partial charge is 0.0179 e. The van der Waals surface area contributed by atoms with Gasteiger partial charge in [0.05, 0.1) is 0 Å². The third-order valence-corrected chi connectivity index (χ3v) is 4.82. The quantitative estimate of drug-likeness (QED) is 0.382. The van der Waals surface area contributed by atoms with E-state index in [1.165, 1.54) is 33.6 Å². The first-order valence-corrected chi connectivity index (χ1v) is 8.03. The van der Waals surface area contributed by atoms with Gasteiger partial charge in [-0.15, -0.1) is 0 Å². The molecule has 1 aromatic rings. The summed E-state index contributed by atoms with van der Waals surface area (Å²) in [4.78, 5) is 1.43. The largest absolute Gasteiger partial charge is 0.0978 e. The number of unbranched alkanes of at least 4 members (excludes halogenated alkanes) is 1. The third kappa shape index (κ3) is 4.18. The summed E-state index contributed by atoms with van der Waals surface area (Å²) in [5.74, 6) is 0. The second-order valence-electron chi connectivity index (χ2n) is 4.41. The van der Waals surface area contributed by atoms with Gasteiger partial charge in [0.15, 0.2) is 0 Å². The molecule has 0 heterocycles. The van der Waals surface area contributed by atoms with Crippen molar-refractivity contribution in [1.29, 1.82) is 0 Å². The minimum Gasteiger partial charge on any atom is -0.0978 e. The second kappa shape index (κ2) is 7.27. The number of aryl methyl sites for hydroxylation is 2. The van der Waals surface area contributed by atoms with Crippen LogP contribution in [0.5, 0.6) is 0 Å². The van der Waals surface area contributed by atoms with Crippen molar-refractivity contribution in [3.8, 4) is 0 Å². The van der Waals surface area contributed by atoms with E-state index in [0.29, 0.717) is 0 Å². The highest BCUT2D eigenvalue weighted by atomic mass is 79.9. The van der Waals surface area contributed by atoms with E-state index in [1.807, 2.05) is 11.8 Å². The average Bonchev–Trinajstić information content (AvgIpc) is 2.30. The highest BCUT2D eigenvalue weighted by Gasteiger charge is 2.07. The number of allylic oxidation sites excluding steroid dienone is 1. The van der Waals surface area contributed by atoms with Gasteiger partial charge in [-0.3, -0.25) is 0 Å². The van der Waals surface area contributed by atoms with Crippen LogP contribution in [0.3, 0.4) is 0 Å². The van der Waals surface area contributed by atoms with E-state index in [-0.39, 0.29) is 0 Å². The molecule has 0 saturated heterocycles. The molecule has 0 spiro atoms. The molecule has 94 valence electrons. The molecule has 0 radical (unpaired) electrons. The van der Waals surface area contributed by atoms with E-state index in [4.69, 9.17) is 0 Å². The van der Waals surface area contributed by atoms with Gasteiger partial charge in [0, 0.05) is 10.2 Å². The zero-order chi connectivity index (χ0) is 12.8. The number of alkyl halides is 1. The minimum absolute atomic E-state index is 1.09. The molecule has 0 aromatic heterocycles. The summed E-state index contributed by atoms with van der Waals surface area (Å²) in [5, 5.41) is 3.32. The summed E-state index contributed by atoms with van der Waals surface area (Å²) >= 11 is 5.30. The van der Waals surface area contributed by atoms with Crippen LogP contribution >= 0.6 is 27.7 Å². The molecule has 0 aliphatic rings. The summed E-state index contributed by atoms with van der Waals surface area (Å²) in [5.41, 5.74) is 5.63. The van der Waals surface area contributed by atoms with Crippen molar-refractivity contribution in [2.24, 2.45) is 0 Å². The van der Waals surface area contributed by atoms with Crippen LogP contribution in [0.4, 0.5) is 0 Å². The maximum absolute atomic E-state index is 3.45. The van der Waals surface area contributed by atoms with Gasteiger partial charge in [0.25, 0.3) is 0 Å². The molecule has 0 aliphatic heterocycles. The molecule has 0 saturated carbocycles. The van der Waals surface area contributed by atoms with Gasteiger partial charge in [-0.2, -0.15) is 0 Å². The SMILES string of the molecule is Cc1cc(C)c(C)c(S/C=C\CCCBr)c1C. The number of hydrogen-bond acceptors (Lipinski definition) is 1. The lowest BCUT2D eigenvalue weighted by atomic mass is 10.0. The third-order valence-electron chi connectivity index (χ3n) is 3.08. The predicted octanol–water partition coefficient (Wildman–Crippen LogP) is 5.70. The van der Waals surface area contributed by atoms with Crippen LogP contribution in [0.1, 0.15) is 35.1 Å². The van der Waals surface area contributed by atoms with E-state index in [2.05, 4.69) is 61.2 Å². The van der Waals surface area contributed by atoms with Crippen LogP contribution in [0, 0.1) is 27.7 Å². The first kappa shape index (κ1) is 14.8.